The van der Waals surface area contributed by atoms with Crippen LogP contribution in [-0.2, 0) is 21.2 Å². The number of methoxy groups -OCH3 is 1. The van der Waals surface area contributed by atoms with Crippen LogP contribution in [0.15, 0.2) is 53.4 Å². The molecular formula is C23H31N3O4S. The van der Waals surface area contributed by atoms with Gasteiger partial charge in [-0.1, -0.05) is 43.3 Å². The van der Waals surface area contributed by atoms with E-state index in [-0.39, 0.29) is 23.0 Å². The summed E-state index contributed by atoms with van der Waals surface area (Å²) in [5.74, 6) is 0.0513. The van der Waals surface area contributed by atoms with E-state index in [9.17, 15) is 13.2 Å². The zero-order valence-corrected chi connectivity index (χ0v) is 19.2. The smallest absolute Gasteiger partial charge is 0.244 e. The fraction of sp³-hybridized carbons (Fsp3) is 0.435. The van der Waals surface area contributed by atoms with Crippen molar-refractivity contribution in [1.29, 1.82) is 0 Å². The first kappa shape index (κ1) is 23.2. The summed E-state index contributed by atoms with van der Waals surface area (Å²) in [6.07, 6.45) is 0.279. The summed E-state index contributed by atoms with van der Waals surface area (Å²) >= 11 is 0. The van der Waals surface area contributed by atoms with Gasteiger partial charge in [-0.15, -0.1) is 0 Å². The van der Waals surface area contributed by atoms with Gasteiger partial charge in [0.05, 0.1) is 7.11 Å². The second-order valence-electron chi connectivity index (χ2n) is 7.78. The number of likely N-dealkylation sites (N-methyl/N-ethyl adjacent to an activating group) is 1. The predicted molar refractivity (Wildman–Crippen MR) is 121 cm³/mol. The lowest BCUT2D eigenvalue weighted by atomic mass is 10.1. The number of piperazine rings is 1. The Kier molecular flexibility index (Phi) is 7.69. The lowest BCUT2D eigenvalue weighted by Crippen LogP contribution is -2.55. The minimum atomic E-state index is -3.98. The van der Waals surface area contributed by atoms with Crippen LogP contribution < -0.4 is 9.46 Å². The number of nitrogens with one attached hydrogen (secondary N) is 1. The first-order chi connectivity index (χ1) is 14.8. The molecule has 0 bridgehead atoms. The normalized spacial score (nSPS) is 16.2. The van der Waals surface area contributed by atoms with Crippen LogP contribution in [0.2, 0.25) is 0 Å². The third kappa shape index (κ3) is 5.84. The number of sulfonamides is 1. The molecule has 1 saturated heterocycles. The van der Waals surface area contributed by atoms with E-state index in [2.05, 4.69) is 16.5 Å². The number of hydrogen-bond donors (Lipinski definition) is 1. The quantitative estimate of drug-likeness (QED) is 0.673. The zero-order chi connectivity index (χ0) is 22.4. The van der Waals surface area contributed by atoms with Crippen molar-refractivity contribution in [2.45, 2.75) is 31.2 Å². The molecule has 168 valence electrons. The number of carbonyl (C=O) groups excluding carboxylic acids is 1. The van der Waals surface area contributed by atoms with E-state index in [1.165, 1.54) is 7.11 Å². The van der Waals surface area contributed by atoms with Gasteiger partial charge in [0.25, 0.3) is 0 Å². The number of ether oxygens (including phenoxy) is 1. The maximum Gasteiger partial charge on any atom is 0.244 e. The highest BCUT2D eigenvalue weighted by atomic mass is 32.2. The summed E-state index contributed by atoms with van der Waals surface area (Å²) in [5, 5.41) is 0. The SMILES string of the molecule is CCN1CCN(C(=O)[C@@H](Cc2ccccc2)NS(=O)(=O)c2cc(C)ccc2OC)CC1. The molecular weight excluding hydrogens is 414 g/mol. The van der Waals surface area contributed by atoms with Crippen molar-refractivity contribution >= 4 is 15.9 Å². The molecule has 1 aliphatic rings. The summed E-state index contributed by atoms with van der Waals surface area (Å²) in [4.78, 5) is 17.5. The minimum Gasteiger partial charge on any atom is -0.495 e. The monoisotopic (exact) mass is 445 g/mol. The number of aryl methyl sites for hydroxylation is 1. The Balaban J connectivity index is 1.87. The number of benzene rings is 2. The molecule has 3 rings (SSSR count). The number of carbonyl (C=O) groups is 1. The van der Waals surface area contributed by atoms with E-state index in [0.29, 0.717) is 13.1 Å². The van der Waals surface area contributed by atoms with Crippen LogP contribution in [0.1, 0.15) is 18.1 Å². The van der Waals surface area contributed by atoms with Crippen molar-refractivity contribution in [2.75, 3.05) is 39.8 Å². The van der Waals surface area contributed by atoms with Crippen LogP contribution >= 0.6 is 0 Å². The summed E-state index contributed by atoms with van der Waals surface area (Å²) in [6.45, 7) is 7.62. The third-order valence-electron chi connectivity index (χ3n) is 5.62. The highest BCUT2D eigenvalue weighted by molar-refractivity contribution is 7.89. The molecule has 1 heterocycles. The largest absolute Gasteiger partial charge is 0.495 e. The van der Waals surface area contributed by atoms with Crippen molar-refractivity contribution in [3.63, 3.8) is 0 Å². The summed E-state index contributed by atoms with van der Waals surface area (Å²) in [5.41, 5.74) is 1.69. The predicted octanol–water partition coefficient (Wildman–Crippen LogP) is 2.06. The van der Waals surface area contributed by atoms with Crippen molar-refractivity contribution in [3.8, 4) is 5.75 Å². The van der Waals surface area contributed by atoms with Crippen molar-refractivity contribution < 1.29 is 17.9 Å². The molecule has 0 aliphatic carbocycles. The van der Waals surface area contributed by atoms with E-state index >= 15 is 0 Å². The molecule has 1 N–H and O–H groups in total. The molecule has 1 atom stereocenters. The summed E-state index contributed by atoms with van der Waals surface area (Å²) in [7, 11) is -2.54. The van der Waals surface area contributed by atoms with Gasteiger partial charge < -0.3 is 14.5 Å². The number of hydrogen-bond acceptors (Lipinski definition) is 5. The molecule has 1 amide bonds. The molecule has 1 fully saturated rings. The van der Waals surface area contributed by atoms with E-state index < -0.39 is 16.1 Å². The number of rotatable bonds is 8. The average Bonchev–Trinajstić information content (AvgIpc) is 2.78. The lowest BCUT2D eigenvalue weighted by Gasteiger charge is -2.36. The van der Waals surface area contributed by atoms with Gasteiger partial charge >= 0.3 is 0 Å². The van der Waals surface area contributed by atoms with Gasteiger partial charge in [0, 0.05) is 26.2 Å². The van der Waals surface area contributed by atoms with Gasteiger partial charge in [0.2, 0.25) is 15.9 Å². The molecule has 8 heteroatoms. The third-order valence-corrected chi connectivity index (χ3v) is 7.11. The second-order valence-corrected chi connectivity index (χ2v) is 9.46. The first-order valence-corrected chi connectivity index (χ1v) is 12.0. The molecule has 31 heavy (non-hydrogen) atoms. The highest BCUT2D eigenvalue weighted by Gasteiger charge is 2.32. The molecule has 2 aromatic carbocycles. The Morgan fingerprint density at radius 3 is 2.39 bits per heavy atom. The van der Waals surface area contributed by atoms with Crippen LogP contribution in [-0.4, -0.2) is 70.0 Å². The standard InChI is InChI=1S/C23H31N3O4S/c1-4-25-12-14-26(15-13-25)23(27)20(17-19-8-6-5-7-9-19)24-31(28,29)22-16-18(2)10-11-21(22)30-3/h5-11,16,20,24H,4,12-15,17H2,1-3H3/t20-/m1/s1. The van der Waals surface area contributed by atoms with Crippen molar-refractivity contribution in [2.24, 2.45) is 0 Å². The summed E-state index contributed by atoms with van der Waals surface area (Å²) < 4.78 is 34.5. The van der Waals surface area contributed by atoms with Gasteiger partial charge in [-0.3, -0.25) is 4.79 Å². The Hall–Kier alpha value is -2.42. The maximum absolute atomic E-state index is 13.4. The Morgan fingerprint density at radius 1 is 1.10 bits per heavy atom. The van der Waals surface area contributed by atoms with Crippen LogP contribution in [0, 0.1) is 6.92 Å². The van der Waals surface area contributed by atoms with Gasteiger partial charge in [-0.25, -0.2) is 8.42 Å². The van der Waals surface area contributed by atoms with Crippen LogP contribution in [0.25, 0.3) is 0 Å². The number of nitrogens with zero attached hydrogens (tertiary/aromatic N) is 2. The van der Waals surface area contributed by atoms with Gasteiger partial charge in [0.1, 0.15) is 16.7 Å². The molecule has 0 unspecified atom stereocenters. The van der Waals surface area contributed by atoms with Crippen LogP contribution in [0.4, 0.5) is 0 Å². The molecule has 0 radical (unpaired) electrons. The molecule has 0 spiro atoms. The molecule has 2 aromatic rings. The Morgan fingerprint density at radius 2 is 1.77 bits per heavy atom. The molecule has 0 saturated carbocycles. The first-order valence-electron chi connectivity index (χ1n) is 10.6. The van der Waals surface area contributed by atoms with Gasteiger partial charge in [-0.2, -0.15) is 4.72 Å². The van der Waals surface area contributed by atoms with Gasteiger partial charge in [-0.05, 0) is 43.1 Å². The van der Waals surface area contributed by atoms with E-state index in [1.807, 2.05) is 37.3 Å². The van der Waals surface area contributed by atoms with E-state index in [0.717, 1.165) is 30.8 Å². The fourth-order valence-electron chi connectivity index (χ4n) is 3.78. The second kappa shape index (κ2) is 10.3. The summed E-state index contributed by atoms with van der Waals surface area (Å²) in [6, 6.07) is 13.5. The lowest BCUT2D eigenvalue weighted by molar-refractivity contribution is -0.134. The van der Waals surface area contributed by atoms with Crippen molar-refractivity contribution in [3.05, 3.63) is 59.7 Å². The zero-order valence-electron chi connectivity index (χ0n) is 18.4. The van der Waals surface area contributed by atoms with Crippen molar-refractivity contribution in [1.82, 2.24) is 14.5 Å². The minimum absolute atomic E-state index is 0.0386. The molecule has 0 aromatic heterocycles. The van der Waals surface area contributed by atoms with Crippen LogP contribution in [0.5, 0.6) is 5.75 Å². The fourth-order valence-corrected chi connectivity index (χ4v) is 5.22. The Bertz CT molecular complexity index is 987. The topological polar surface area (TPSA) is 79.0 Å². The van der Waals surface area contributed by atoms with Gasteiger partial charge in [0.15, 0.2) is 0 Å². The highest BCUT2D eigenvalue weighted by Crippen LogP contribution is 2.25. The van der Waals surface area contributed by atoms with E-state index in [1.54, 1.807) is 23.1 Å². The molecule has 7 nitrogen and oxygen atoms in total. The number of amides is 1. The molecule has 1 aliphatic heterocycles. The maximum atomic E-state index is 13.4. The van der Waals surface area contributed by atoms with Crippen LogP contribution in [0.3, 0.4) is 0 Å². The Labute approximate surface area is 185 Å². The average molecular weight is 446 g/mol. The van der Waals surface area contributed by atoms with E-state index in [4.69, 9.17) is 4.74 Å².